The van der Waals surface area contributed by atoms with E-state index >= 15 is 0 Å². The van der Waals surface area contributed by atoms with Crippen LogP contribution in [-0.4, -0.2) is 35.8 Å². The summed E-state index contributed by atoms with van der Waals surface area (Å²) in [7, 11) is 0. The number of carbonyl (C=O) groups is 2. The fourth-order valence-corrected chi connectivity index (χ4v) is 2.99. The molecule has 1 aromatic carbocycles. The van der Waals surface area contributed by atoms with E-state index in [1.54, 1.807) is 4.90 Å². The van der Waals surface area contributed by atoms with E-state index in [-0.39, 0.29) is 23.8 Å². The maximum Gasteiger partial charge on any atom is 0.249 e. The first-order valence-corrected chi connectivity index (χ1v) is 7.68. The van der Waals surface area contributed by atoms with Crippen LogP contribution in [0.4, 0.5) is 5.69 Å². The summed E-state index contributed by atoms with van der Waals surface area (Å²) in [6, 6.07) is 5.80. The zero-order valence-corrected chi connectivity index (χ0v) is 12.9. The average Bonchev–Trinajstić information content (AvgIpc) is 3.29. The van der Waals surface area contributed by atoms with Crippen molar-refractivity contribution in [1.82, 2.24) is 4.90 Å². The molecule has 1 unspecified atom stereocenters. The molecule has 0 N–H and O–H groups in total. The molecule has 4 nitrogen and oxygen atoms in total. The molecule has 3 rings (SSSR count). The summed E-state index contributed by atoms with van der Waals surface area (Å²) in [5.41, 5.74) is 3.22. The fourth-order valence-electron chi connectivity index (χ4n) is 2.99. The molecule has 1 saturated carbocycles. The molecule has 4 heteroatoms. The molecule has 0 aromatic heterocycles. The smallest absolute Gasteiger partial charge is 0.249 e. The number of piperazine rings is 1. The Morgan fingerprint density at radius 2 is 1.90 bits per heavy atom. The number of amides is 2. The Bertz CT molecular complexity index is 592. The standard InChI is InChI=1S/C17H22N2O2/c1-11-4-5-12(2)15(10-11)19-9-8-18(13(3)16(19)20)17(21)14-6-7-14/h4-5,10,13-14H,6-9H2,1-3H3. The van der Waals surface area contributed by atoms with E-state index in [0.717, 1.165) is 29.7 Å². The first kappa shape index (κ1) is 14.1. The Balaban J connectivity index is 1.82. The summed E-state index contributed by atoms with van der Waals surface area (Å²) in [5.74, 6) is 0.368. The van der Waals surface area contributed by atoms with Crippen molar-refractivity contribution in [2.75, 3.05) is 18.0 Å². The van der Waals surface area contributed by atoms with Crippen LogP contribution in [0.1, 0.15) is 30.9 Å². The van der Waals surface area contributed by atoms with Crippen molar-refractivity contribution < 1.29 is 9.59 Å². The summed E-state index contributed by atoms with van der Waals surface area (Å²) in [6.07, 6.45) is 1.97. The second-order valence-electron chi connectivity index (χ2n) is 6.26. The zero-order valence-electron chi connectivity index (χ0n) is 12.9. The molecular formula is C17H22N2O2. The molecule has 2 fully saturated rings. The summed E-state index contributed by atoms with van der Waals surface area (Å²) >= 11 is 0. The van der Waals surface area contributed by atoms with Gasteiger partial charge in [-0.3, -0.25) is 9.59 Å². The third-order valence-corrected chi connectivity index (χ3v) is 4.52. The van der Waals surface area contributed by atoms with Crippen LogP contribution < -0.4 is 4.90 Å². The summed E-state index contributed by atoms with van der Waals surface area (Å²) in [6.45, 7) is 7.12. The van der Waals surface area contributed by atoms with Gasteiger partial charge in [0, 0.05) is 24.7 Å². The van der Waals surface area contributed by atoms with Gasteiger partial charge in [-0.2, -0.15) is 0 Å². The van der Waals surface area contributed by atoms with E-state index in [9.17, 15) is 9.59 Å². The van der Waals surface area contributed by atoms with Gasteiger partial charge in [0.25, 0.3) is 0 Å². The lowest BCUT2D eigenvalue weighted by molar-refractivity contribution is -0.141. The molecule has 1 aliphatic carbocycles. The normalized spacial score (nSPS) is 22.6. The number of carbonyl (C=O) groups excluding carboxylic acids is 2. The van der Waals surface area contributed by atoms with E-state index < -0.39 is 0 Å². The first-order chi connectivity index (χ1) is 9.99. The van der Waals surface area contributed by atoms with E-state index in [4.69, 9.17) is 0 Å². The molecule has 112 valence electrons. The lowest BCUT2D eigenvalue weighted by atomic mass is 10.1. The summed E-state index contributed by atoms with van der Waals surface area (Å²) in [5, 5.41) is 0. The molecule has 0 bridgehead atoms. The highest BCUT2D eigenvalue weighted by Gasteiger charge is 2.41. The molecule has 1 aliphatic heterocycles. The molecule has 2 amide bonds. The van der Waals surface area contributed by atoms with Crippen LogP contribution in [-0.2, 0) is 9.59 Å². The maximum absolute atomic E-state index is 12.7. The highest BCUT2D eigenvalue weighted by Crippen LogP contribution is 2.33. The van der Waals surface area contributed by atoms with Gasteiger partial charge in [-0.1, -0.05) is 12.1 Å². The van der Waals surface area contributed by atoms with Crippen molar-refractivity contribution in [3.8, 4) is 0 Å². The fraction of sp³-hybridized carbons (Fsp3) is 0.529. The first-order valence-electron chi connectivity index (χ1n) is 7.68. The molecule has 2 aliphatic rings. The van der Waals surface area contributed by atoms with Crippen molar-refractivity contribution in [1.29, 1.82) is 0 Å². The number of rotatable bonds is 2. The Morgan fingerprint density at radius 1 is 1.19 bits per heavy atom. The highest BCUT2D eigenvalue weighted by atomic mass is 16.2. The molecular weight excluding hydrogens is 264 g/mol. The number of benzene rings is 1. The second kappa shape index (κ2) is 5.17. The van der Waals surface area contributed by atoms with Gasteiger partial charge in [0.2, 0.25) is 11.8 Å². The van der Waals surface area contributed by atoms with Crippen molar-refractivity contribution in [2.45, 2.75) is 39.7 Å². The van der Waals surface area contributed by atoms with Crippen molar-refractivity contribution in [2.24, 2.45) is 5.92 Å². The molecule has 1 heterocycles. The van der Waals surface area contributed by atoms with Crippen molar-refractivity contribution in [3.63, 3.8) is 0 Å². The minimum atomic E-state index is -0.355. The number of aryl methyl sites for hydroxylation is 2. The van der Waals surface area contributed by atoms with Gasteiger partial charge < -0.3 is 9.80 Å². The van der Waals surface area contributed by atoms with E-state index in [1.807, 2.05) is 31.7 Å². The van der Waals surface area contributed by atoms with Crippen LogP contribution in [0.3, 0.4) is 0 Å². The monoisotopic (exact) mass is 286 g/mol. The number of anilines is 1. The lowest BCUT2D eigenvalue weighted by Gasteiger charge is -2.39. The van der Waals surface area contributed by atoms with Crippen LogP contribution in [0, 0.1) is 19.8 Å². The van der Waals surface area contributed by atoms with Gasteiger partial charge in [0.15, 0.2) is 0 Å². The Hall–Kier alpha value is -1.84. The van der Waals surface area contributed by atoms with Gasteiger partial charge in [0.05, 0.1) is 0 Å². The topological polar surface area (TPSA) is 40.6 Å². The van der Waals surface area contributed by atoms with Gasteiger partial charge in [-0.25, -0.2) is 0 Å². The van der Waals surface area contributed by atoms with E-state index in [0.29, 0.717) is 13.1 Å². The zero-order chi connectivity index (χ0) is 15.1. The molecule has 1 atom stereocenters. The van der Waals surface area contributed by atoms with Crippen LogP contribution in [0.2, 0.25) is 0 Å². The SMILES string of the molecule is Cc1ccc(C)c(N2CCN(C(=O)C3CC3)C(C)C2=O)c1. The number of hydrogen-bond donors (Lipinski definition) is 0. The quantitative estimate of drug-likeness (QED) is 0.837. The van der Waals surface area contributed by atoms with Gasteiger partial charge in [-0.15, -0.1) is 0 Å². The predicted molar refractivity (Wildman–Crippen MR) is 82.2 cm³/mol. The van der Waals surface area contributed by atoms with Crippen LogP contribution in [0.25, 0.3) is 0 Å². The van der Waals surface area contributed by atoms with Gasteiger partial charge in [-0.05, 0) is 50.8 Å². The van der Waals surface area contributed by atoms with Crippen molar-refractivity contribution in [3.05, 3.63) is 29.3 Å². The second-order valence-corrected chi connectivity index (χ2v) is 6.26. The minimum absolute atomic E-state index is 0.0314. The van der Waals surface area contributed by atoms with Crippen LogP contribution in [0.15, 0.2) is 18.2 Å². The molecule has 1 aromatic rings. The summed E-state index contributed by atoms with van der Waals surface area (Å²) in [4.78, 5) is 28.5. The molecule has 1 saturated heterocycles. The van der Waals surface area contributed by atoms with Crippen LogP contribution in [0.5, 0.6) is 0 Å². The van der Waals surface area contributed by atoms with Crippen LogP contribution >= 0.6 is 0 Å². The van der Waals surface area contributed by atoms with Crippen molar-refractivity contribution >= 4 is 17.5 Å². The Kier molecular flexibility index (Phi) is 3.47. The predicted octanol–water partition coefficient (Wildman–Crippen LogP) is 2.28. The Labute approximate surface area is 125 Å². The third kappa shape index (κ3) is 2.55. The van der Waals surface area contributed by atoms with Gasteiger partial charge >= 0.3 is 0 Å². The largest absolute Gasteiger partial charge is 0.329 e. The minimum Gasteiger partial charge on any atom is -0.329 e. The van der Waals surface area contributed by atoms with E-state index in [1.165, 1.54) is 0 Å². The number of hydrogen-bond acceptors (Lipinski definition) is 2. The third-order valence-electron chi connectivity index (χ3n) is 4.52. The lowest BCUT2D eigenvalue weighted by Crippen LogP contribution is -2.58. The number of nitrogens with zero attached hydrogens (tertiary/aromatic N) is 2. The van der Waals surface area contributed by atoms with E-state index in [2.05, 4.69) is 12.1 Å². The maximum atomic E-state index is 12.7. The highest BCUT2D eigenvalue weighted by molar-refractivity contribution is 6.01. The molecule has 21 heavy (non-hydrogen) atoms. The Morgan fingerprint density at radius 3 is 2.57 bits per heavy atom. The van der Waals surface area contributed by atoms with Gasteiger partial charge in [0.1, 0.15) is 6.04 Å². The average molecular weight is 286 g/mol. The molecule has 0 spiro atoms. The summed E-state index contributed by atoms with van der Waals surface area (Å²) < 4.78 is 0. The molecule has 0 radical (unpaired) electrons.